The molecule has 0 aliphatic heterocycles. The second kappa shape index (κ2) is 6.57. The molecule has 0 unspecified atom stereocenters. The van der Waals surface area contributed by atoms with E-state index < -0.39 is 0 Å². The van der Waals surface area contributed by atoms with Crippen molar-refractivity contribution in [1.29, 1.82) is 0 Å². The summed E-state index contributed by atoms with van der Waals surface area (Å²) in [4.78, 5) is 8.94. The number of nitrogens with zero attached hydrogens (tertiary/aromatic N) is 2. The molecular formula is C15H19N3S. The van der Waals surface area contributed by atoms with Crippen LogP contribution in [0, 0.1) is 6.92 Å². The molecule has 2 aromatic rings. The van der Waals surface area contributed by atoms with Gasteiger partial charge in [-0.1, -0.05) is 37.3 Å². The number of hydrogen-bond acceptors (Lipinski definition) is 4. The van der Waals surface area contributed by atoms with Crippen LogP contribution in [-0.2, 0) is 12.2 Å². The first kappa shape index (κ1) is 13.9. The molecule has 4 heteroatoms. The second-order valence-electron chi connectivity index (χ2n) is 4.48. The van der Waals surface area contributed by atoms with Crippen LogP contribution in [0.5, 0.6) is 0 Å². The van der Waals surface area contributed by atoms with E-state index in [1.54, 1.807) is 11.8 Å². The number of anilines is 1. The molecule has 1 heterocycles. The van der Waals surface area contributed by atoms with Crippen molar-refractivity contribution in [2.75, 3.05) is 5.73 Å². The monoisotopic (exact) mass is 273 g/mol. The Balaban J connectivity index is 2.15. The second-order valence-corrected chi connectivity index (χ2v) is 5.44. The summed E-state index contributed by atoms with van der Waals surface area (Å²) in [5, 5.41) is 1.000. The van der Waals surface area contributed by atoms with E-state index >= 15 is 0 Å². The Hall–Kier alpha value is -1.55. The standard InChI is InChI=1S/C15H19N3S/c1-3-7-13-17-14(16)11(2)15(18-13)19-10-12-8-5-4-6-9-12/h4-6,8-9H,3,7,10H2,1-2H3,(H2,16,17,18). The SMILES string of the molecule is CCCc1nc(N)c(C)c(SCc2ccccc2)n1. The molecule has 0 spiro atoms. The molecule has 3 nitrogen and oxygen atoms in total. The topological polar surface area (TPSA) is 51.8 Å². The molecule has 0 atom stereocenters. The molecule has 0 fully saturated rings. The van der Waals surface area contributed by atoms with Gasteiger partial charge in [0.25, 0.3) is 0 Å². The lowest BCUT2D eigenvalue weighted by Crippen LogP contribution is -2.04. The lowest BCUT2D eigenvalue weighted by Gasteiger charge is -2.09. The highest BCUT2D eigenvalue weighted by Gasteiger charge is 2.09. The van der Waals surface area contributed by atoms with Gasteiger partial charge in [-0.15, -0.1) is 11.8 Å². The third kappa shape index (κ3) is 3.70. The van der Waals surface area contributed by atoms with Crippen molar-refractivity contribution in [3.63, 3.8) is 0 Å². The Kier molecular flexibility index (Phi) is 4.80. The summed E-state index contributed by atoms with van der Waals surface area (Å²) in [6.07, 6.45) is 1.91. The van der Waals surface area contributed by atoms with Gasteiger partial charge in [-0.05, 0) is 18.9 Å². The largest absolute Gasteiger partial charge is 0.383 e. The number of nitrogens with two attached hydrogens (primary N) is 1. The van der Waals surface area contributed by atoms with E-state index in [1.165, 1.54) is 5.56 Å². The summed E-state index contributed by atoms with van der Waals surface area (Å²) in [5.74, 6) is 2.36. The molecule has 0 amide bonds. The van der Waals surface area contributed by atoms with Crippen LogP contribution in [0.3, 0.4) is 0 Å². The van der Waals surface area contributed by atoms with Crippen LogP contribution < -0.4 is 5.73 Å². The van der Waals surface area contributed by atoms with Crippen LogP contribution >= 0.6 is 11.8 Å². The highest BCUT2D eigenvalue weighted by molar-refractivity contribution is 7.98. The normalized spacial score (nSPS) is 10.6. The summed E-state index contributed by atoms with van der Waals surface area (Å²) in [7, 11) is 0. The molecule has 19 heavy (non-hydrogen) atoms. The molecule has 0 aliphatic rings. The predicted octanol–water partition coefficient (Wildman–Crippen LogP) is 3.61. The molecule has 2 N–H and O–H groups in total. The summed E-state index contributed by atoms with van der Waals surface area (Å²) < 4.78 is 0. The molecule has 0 aliphatic carbocycles. The zero-order valence-electron chi connectivity index (χ0n) is 11.4. The number of aryl methyl sites for hydroxylation is 1. The molecule has 2 rings (SSSR count). The maximum absolute atomic E-state index is 5.96. The summed E-state index contributed by atoms with van der Waals surface area (Å²) >= 11 is 1.72. The lowest BCUT2D eigenvalue weighted by molar-refractivity contribution is 0.805. The average Bonchev–Trinajstić information content (AvgIpc) is 2.42. The third-order valence-electron chi connectivity index (χ3n) is 2.88. The number of thioether (sulfide) groups is 1. The van der Waals surface area contributed by atoms with Crippen LogP contribution in [0.1, 0.15) is 30.3 Å². The van der Waals surface area contributed by atoms with Gasteiger partial charge in [0.1, 0.15) is 16.7 Å². The fourth-order valence-electron chi connectivity index (χ4n) is 1.76. The van der Waals surface area contributed by atoms with E-state index in [4.69, 9.17) is 5.73 Å². The van der Waals surface area contributed by atoms with Gasteiger partial charge in [-0.3, -0.25) is 0 Å². The average molecular weight is 273 g/mol. The van der Waals surface area contributed by atoms with Gasteiger partial charge < -0.3 is 5.73 Å². The van der Waals surface area contributed by atoms with Gasteiger partial charge in [0.05, 0.1) is 0 Å². The first-order chi connectivity index (χ1) is 9.20. The quantitative estimate of drug-likeness (QED) is 0.668. The third-order valence-corrected chi connectivity index (χ3v) is 4.03. The minimum absolute atomic E-state index is 0.606. The van der Waals surface area contributed by atoms with Gasteiger partial charge >= 0.3 is 0 Å². The number of benzene rings is 1. The maximum atomic E-state index is 5.96. The molecule has 0 radical (unpaired) electrons. The Labute approximate surface area is 118 Å². The van der Waals surface area contributed by atoms with Crippen molar-refractivity contribution in [2.24, 2.45) is 0 Å². The van der Waals surface area contributed by atoms with Crippen LogP contribution in [0.15, 0.2) is 35.4 Å². The van der Waals surface area contributed by atoms with E-state index in [-0.39, 0.29) is 0 Å². The van der Waals surface area contributed by atoms with E-state index in [1.807, 2.05) is 13.0 Å². The minimum atomic E-state index is 0.606. The molecule has 1 aromatic heterocycles. The van der Waals surface area contributed by atoms with E-state index in [2.05, 4.69) is 41.2 Å². The molecule has 1 aromatic carbocycles. The number of rotatable bonds is 5. The van der Waals surface area contributed by atoms with Crippen LogP contribution in [-0.4, -0.2) is 9.97 Å². The Morgan fingerprint density at radius 1 is 1.16 bits per heavy atom. The Bertz CT molecular complexity index is 541. The first-order valence-corrected chi connectivity index (χ1v) is 7.49. The summed E-state index contributed by atoms with van der Waals surface area (Å²) in [6, 6.07) is 10.4. The Morgan fingerprint density at radius 3 is 2.58 bits per heavy atom. The Morgan fingerprint density at radius 2 is 1.89 bits per heavy atom. The van der Waals surface area contributed by atoms with Crippen LogP contribution in [0.25, 0.3) is 0 Å². The van der Waals surface area contributed by atoms with Crippen molar-refractivity contribution in [2.45, 2.75) is 37.5 Å². The van der Waals surface area contributed by atoms with Crippen molar-refractivity contribution in [1.82, 2.24) is 9.97 Å². The summed E-state index contributed by atoms with van der Waals surface area (Å²) in [6.45, 7) is 4.11. The number of aromatic nitrogens is 2. The minimum Gasteiger partial charge on any atom is -0.383 e. The van der Waals surface area contributed by atoms with E-state index in [0.29, 0.717) is 5.82 Å². The zero-order valence-corrected chi connectivity index (χ0v) is 12.2. The fraction of sp³-hybridized carbons (Fsp3) is 0.333. The fourth-order valence-corrected chi connectivity index (χ4v) is 2.75. The lowest BCUT2D eigenvalue weighted by atomic mass is 10.2. The molecule has 0 saturated heterocycles. The van der Waals surface area contributed by atoms with Gasteiger partial charge in [0.15, 0.2) is 0 Å². The highest BCUT2D eigenvalue weighted by Crippen LogP contribution is 2.26. The van der Waals surface area contributed by atoms with Gasteiger partial charge in [0.2, 0.25) is 0 Å². The van der Waals surface area contributed by atoms with Gasteiger partial charge in [-0.25, -0.2) is 9.97 Å². The first-order valence-electron chi connectivity index (χ1n) is 6.50. The van der Waals surface area contributed by atoms with Crippen molar-refractivity contribution in [3.05, 3.63) is 47.3 Å². The van der Waals surface area contributed by atoms with Crippen LogP contribution in [0.4, 0.5) is 5.82 Å². The van der Waals surface area contributed by atoms with Crippen LogP contribution in [0.2, 0.25) is 0 Å². The zero-order chi connectivity index (χ0) is 13.7. The van der Waals surface area contributed by atoms with Gasteiger partial charge in [0, 0.05) is 17.7 Å². The van der Waals surface area contributed by atoms with Crippen molar-refractivity contribution in [3.8, 4) is 0 Å². The van der Waals surface area contributed by atoms with E-state index in [9.17, 15) is 0 Å². The number of hydrogen-bond donors (Lipinski definition) is 1. The van der Waals surface area contributed by atoms with Gasteiger partial charge in [-0.2, -0.15) is 0 Å². The molecule has 100 valence electrons. The molecular weight excluding hydrogens is 254 g/mol. The van der Waals surface area contributed by atoms with Crippen molar-refractivity contribution >= 4 is 17.6 Å². The molecule has 0 bridgehead atoms. The highest BCUT2D eigenvalue weighted by atomic mass is 32.2. The van der Waals surface area contributed by atoms with E-state index in [0.717, 1.165) is 35.0 Å². The smallest absolute Gasteiger partial charge is 0.132 e. The predicted molar refractivity (Wildman–Crippen MR) is 81.2 cm³/mol. The molecule has 0 saturated carbocycles. The summed E-state index contributed by atoms with van der Waals surface area (Å²) in [5.41, 5.74) is 8.24. The van der Waals surface area contributed by atoms with Crippen molar-refractivity contribution < 1.29 is 0 Å². The number of nitrogen functional groups attached to an aromatic ring is 1. The maximum Gasteiger partial charge on any atom is 0.132 e.